The van der Waals surface area contributed by atoms with Crippen LogP contribution in [0.4, 0.5) is 0 Å². The van der Waals surface area contributed by atoms with Gasteiger partial charge in [-0.15, -0.1) is 0 Å². The molecule has 1 amide bonds. The molecule has 1 fully saturated rings. The number of halogens is 2. The van der Waals surface area contributed by atoms with Crippen molar-refractivity contribution < 1.29 is 13.2 Å². The highest BCUT2D eigenvalue weighted by molar-refractivity contribution is 8.12. The van der Waals surface area contributed by atoms with Crippen LogP contribution in [-0.4, -0.2) is 18.6 Å². The lowest BCUT2D eigenvalue weighted by Crippen LogP contribution is -2.61. The Morgan fingerprint density at radius 1 is 1.33 bits per heavy atom. The molecule has 1 aromatic rings. The summed E-state index contributed by atoms with van der Waals surface area (Å²) in [5.74, 6) is -0.484. The van der Waals surface area contributed by atoms with Crippen molar-refractivity contribution in [2.24, 2.45) is 0 Å². The number of nitrogens with zero attached hydrogens (tertiary/aromatic N) is 1. The molecule has 1 atom stereocenters. The largest absolute Gasteiger partial charge is 0.324 e. The Morgan fingerprint density at radius 2 is 1.89 bits per heavy atom. The predicted octanol–water partition coefficient (Wildman–Crippen LogP) is 2.66. The van der Waals surface area contributed by atoms with Crippen molar-refractivity contribution in [1.29, 1.82) is 0 Å². The summed E-state index contributed by atoms with van der Waals surface area (Å²) in [6.45, 7) is 1.82. The van der Waals surface area contributed by atoms with E-state index in [1.54, 1.807) is 24.3 Å². The quantitative estimate of drug-likeness (QED) is 0.637. The predicted molar refractivity (Wildman–Crippen MR) is 69.7 cm³/mol. The van der Waals surface area contributed by atoms with Crippen LogP contribution in [0.3, 0.4) is 0 Å². The van der Waals surface area contributed by atoms with E-state index in [9.17, 15) is 13.2 Å². The molecule has 2 rings (SSSR count). The van der Waals surface area contributed by atoms with E-state index in [0.29, 0.717) is 11.4 Å². The molecule has 1 aromatic carbocycles. The molecule has 1 heterocycles. The maximum Gasteiger partial charge on any atom is 0.324 e. The number of carbonyl (C=O) groups is 1. The van der Waals surface area contributed by atoms with E-state index >= 15 is 0 Å². The van der Waals surface area contributed by atoms with E-state index in [2.05, 4.69) is 0 Å². The molecule has 0 aliphatic carbocycles. The van der Waals surface area contributed by atoms with Gasteiger partial charge in [0.1, 0.15) is 0 Å². The summed E-state index contributed by atoms with van der Waals surface area (Å²) >= 11 is 5.80. The van der Waals surface area contributed by atoms with E-state index in [-0.39, 0.29) is 6.42 Å². The van der Waals surface area contributed by atoms with E-state index in [1.165, 1.54) is 0 Å². The number of benzene rings is 1. The van der Waals surface area contributed by atoms with Crippen LogP contribution in [-0.2, 0) is 19.6 Å². The van der Waals surface area contributed by atoms with E-state index in [0.717, 1.165) is 9.87 Å². The Bertz CT molecular complexity index is 585. The van der Waals surface area contributed by atoms with Crippen LogP contribution >= 0.6 is 22.3 Å². The van der Waals surface area contributed by atoms with Crippen molar-refractivity contribution in [3.63, 3.8) is 0 Å². The standard InChI is InChI=1S/C11H11Cl2NO3S/c1-2-11(8-3-5-9(12)6-4-8)7-10(15)14(11)18(13,16)17/h3-6H,2,7H2,1H3. The second kappa shape index (κ2) is 4.40. The molecule has 0 N–H and O–H groups in total. The van der Waals surface area contributed by atoms with Gasteiger partial charge < -0.3 is 0 Å². The topological polar surface area (TPSA) is 54.5 Å². The maximum absolute atomic E-state index is 11.5. The molecule has 0 radical (unpaired) electrons. The lowest BCUT2D eigenvalue weighted by molar-refractivity contribution is -0.146. The fourth-order valence-corrected chi connectivity index (χ4v) is 4.10. The highest BCUT2D eigenvalue weighted by Gasteiger charge is 2.56. The molecule has 0 spiro atoms. The van der Waals surface area contributed by atoms with Crippen LogP contribution in [0, 0.1) is 0 Å². The Labute approximate surface area is 115 Å². The Hall–Kier alpha value is -0.780. The fraction of sp³-hybridized carbons (Fsp3) is 0.364. The van der Waals surface area contributed by atoms with Gasteiger partial charge in [0.05, 0.1) is 12.0 Å². The minimum atomic E-state index is -4.07. The molecular weight excluding hydrogens is 297 g/mol. The maximum atomic E-state index is 11.5. The van der Waals surface area contributed by atoms with Crippen LogP contribution in [0.5, 0.6) is 0 Å². The van der Waals surface area contributed by atoms with Crippen molar-refractivity contribution >= 4 is 37.4 Å². The number of hydrogen-bond acceptors (Lipinski definition) is 3. The molecule has 0 aromatic heterocycles. The number of hydrogen-bond donors (Lipinski definition) is 0. The summed E-state index contributed by atoms with van der Waals surface area (Å²) in [6, 6.07) is 6.76. The van der Waals surface area contributed by atoms with Crippen molar-refractivity contribution in [2.75, 3.05) is 0 Å². The average molecular weight is 308 g/mol. The Morgan fingerprint density at radius 3 is 2.28 bits per heavy atom. The molecule has 1 aliphatic rings. The zero-order valence-corrected chi connectivity index (χ0v) is 11.9. The lowest BCUT2D eigenvalue weighted by Gasteiger charge is -2.49. The molecule has 0 bridgehead atoms. The van der Waals surface area contributed by atoms with Gasteiger partial charge in [-0.3, -0.25) is 4.79 Å². The van der Waals surface area contributed by atoms with E-state index in [4.69, 9.17) is 22.3 Å². The number of rotatable bonds is 3. The molecule has 7 heteroatoms. The molecule has 1 aliphatic heterocycles. The van der Waals surface area contributed by atoms with Gasteiger partial charge in [-0.25, -0.2) is 4.31 Å². The van der Waals surface area contributed by atoms with Gasteiger partial charge >= 0.3 is 9.24 Å². The van der Waals surface area contributed by atoms with Gasteiger partial charge in [0.2, 0.25) is 5.91 Å². The molecule has 18 heavy (non-hydrogen) atoms. The number of amides is 1. The van der Waals surface area contributed by atoms with Gasteiger partial charge in [-0.2, -0.15) is 8.42 Å². The first-order valence-electron chi connectivity index (χ1n) is 5.35. The van der Waals surface area contributed by atoms with E-state index in [1.807, 2.05) is 6.92 Å². The highest BCUT2D eigenvalue weighted by atomic mass is 35.7. The molecule has 4 nitrogen and oxygen atoms in total. The van der Waals surface area contributed by atoms with E-state index < -0.39 is 20.7 Å². The first-order chi connectivity index (χ1) is 8.31. The third kappa shape index (κ3) is 2.00. The first kappa shape index (κ1) is 13.6. The summed E-state index contributed by atoms with van der Waals surface area (Å²) < 4.78 is 23.7. The average Bonchev–Trinajstić information content (AvgIpc) is 2.24. The second-order valence-electron chi connectivity index (χ2n) is 4.17. The summed E-state index contributed by atoms with van der Waals surface area (Å²) in [5.41, 5.74) is -0.152. The molecule has 98 valence electrons. The third-order valence-electron chi connectivity index (χ3n) is 3.24. The summed E-state index contributed by atoms with van der Waals surface area (Å²) in [4.78, 5) is 11.5. The van der Waals surface area contributed by atoms with Crippen LogP contribution < -0.4 is 0 Å². The summed E-state index contributed by atoms with van der Waals surface area (Å²) in [7, 11) is 1.26. The SMILES string of the molecule is CCC1(c2ccc(Cl)cc2)CC(=O)N1S(=O)(=O)Cl. The Balaban J connectivity index is 2.50. The van der Waals surface area contributed by atoms with Gasteiger partial charge in [0, 0.05) is 15.7 Å². The fourth-order valence-electron chi connectivity index (χ4n) is 2.32. The van der Waals surface area contributed by atoms with Crippen molar-refractivity contribution in [3.05, 3.63) is 34.9 Å². The number of carbonyl (C=O) groups excluding carboxylic acids is 1. The number of β-lactam (4-membered cyclic amide) rings is 1. The van der Waals surface area contributed by atoms with Gasteiger partial charge in [-0.1, -0.05) is 30.7 Å². The molecule has 0 saturated carbocycles. The smallest absolute Gasteiger partial charge is 0.274 e. The monoisotopic (exact) mass is 307 g/mol. The van der Waals surface area contributed by atoms with Gasteiger partial charge in [0.25, 0.3) is 0 Å². The van der Waals surface area contributed by atoms with Gasteiger partial charge in [-0.05, 0) is 24.1 Å². The zero-order chi connectivity index (χ0) is 13.6. The third-order valence-corrected chi connectivity index (χ3v) is 4.90. The molecule has 1 saturated heterocycles. The summed E-state index contributed by atoms with van der Waals surface area (Å²) in [5, 5.41) is 0.552. The van der Waals surface area contributed by atoms with Crippen molar-refractivity contribution in [3.8, 4) is 0 Å². The Kier molecular flexibility index (Phi) is 3.34. The van der Waals surface area contributed by atoms with Crippen molar-refractivity contribution in [2.45, 2.75) is 25.3 Å². The second-order valence-corrected chi connectivity index (χ2v) is 6.96. The molecule has 1 unspecified atom stereocenters. The van der Waals surface area contributed by atoms with Crippen LogP contribution in [0.25, 0.3) is 0 Å². The van der Waals surface area contributed by atoms with Crippen molar-refractivity contribution in [1.82, 2.24) is 4.31 Å². The van der Waals surface area contributed by atoms with Crippen LogP contribution in [0.2, 0.25) is 5.02 Å². The normalized spacial score (nSPS) is 23.9. The molecular formula is C11H11Cl2NO3S. The van der Waals surface area contributed by atoms with Crippen LogP contribution in [0.15, 0.2) is 24.3 Å². The highest BCUT2D eigenvalue weighted by Crippen LogP contribution is 2.47. The minimum absolute atomic E-state index is 0.136. The van der Waals surface area contributed by atoms with Crippen LogP contribution in [0.1, 0.15) is 25.3 Å². The summed E-state index contributed by atoms with van der Waals surface area (Å²) in [6.07, 6.45) is 0.601. The van der Waals surface area contributed by atoms with Gasteiger partial charge in [0.15, 0.2) is 0 Å². The first-order valence-corrected chi connectivity index (χ1v) is 7.99. The minimum Gasteiger partial charge on any atom is -0.274 e. The lowest BCUT2D eigenvalue weighted by atomic mass is 9.78. The zero-order valence-electron chi connectivity index (χ0n) is 9.56.